The number of hydrogen-bond donors (Lipinski definition) is 1. The van der Waals surface area contributed by atoms with E-state index >= 15 is 0 Å². The van der Waals surface area contributed by atoms with Crippen LogP contribution in [0.5, 0.6) is 5.75 Å². The molecule has 1 aliphatic heterocycles. The highest BCUT2D eigenvalue weighted by Crippen LogP contribution is 2.38. The Bertz CT molecular complexity index is 944. The lowest BCUT2D eigenvalue weighted by Crippen LogP contribution is -2.27. The minimum Gasteiger partial charge on any atom is -0.506 e. The summed E-state index contributed by atoms with van der Waals surface area (Å²) >= 11 is 22.2. The number of benzene rings is 2. The molecular weight excluding hydrogens is 485 g/mol. The van der Waals surface area contributed by atoms with E-state index in [-0.39, 0.29) is 17.2 Å². The van der Waals surface area contributed by atoms with Gasteiger partial charge in [-0.05, 0) is 58.0 Å². The molecule has 1 aliphatic rings. The van der Waals surface area contributed by atoms with Gasteiger partial charge in [0.25, 0.3) is 11.1 Å². The molecule has 2 aromatic rings. The predicted octanol–water partition coefficient (Wildman–Crippen LogP) is 6.35. The van der Waals surface area contributed by atoms with Gasteiger partial charge in [0.2, 0.25) is 0 Å². The van der Waals surface area contributed by atoms with E-state index in [0.717, 1.165) is 16.7 Å². The van der Waals surface area contributed by atoms with E-state index in [9.17, 15) is 14.7 Å². The Kier molecular flexibility index (Phi) is 5.89. The summed E-state index contributed by atoms with van der Waals surface area (Å²) in [6, 6.07) is 7.99. The molecule has 2 aromatic carbocycles. The summed E-state index contributed by atoms with van der Waals surface area (Å²) in [7, 11) is 0. The van der Waals surface area contributed by atoms with Gasteiger partial charge in [-0.2, -0.15) is 0 Å². The van der Waals surface area contributed by atoms with Gasteiger partial charge in [-0.3, -0.25) is 14.5 Å². The van der Waals surface area contributed by atoms with Crippen LogP contribution in [0.25, 0.3) is 6.08 Å². The van der Waals surface area contributed by atoms with Crippen molar-refractivity contribution < 1.29 is 14.7 Å². The first kappa shape index (κ1) is 19.6. The number of carbonyl (C=O) groups is 2. The molecule has 0 atom stereocenters. The van der Waals surface area contributed by atoms with Crippen LogP contribution in [0.2, 0.25) is 15.1 Å². The monoisotopic (exact) mass is 491 g/mol. The molecular formula is C17H9BrCl3NO3S. The molecule has 0 aliphatic carbocycles. The fraction of sp³-hybridized carbons (Fsp3) is 0.0588. The maximum Gasteiger partial charge on any atom is 0.293 e. The lowest BCUT2D eigenvalue weighted by atomic mass is 10.1. The summed E-state index contributed by atoms with van der Waals surface area (Å²) in [6.45, 7) is -0.0360. The van der Waals surface area contributed by atoms with Gasteiger partial charge in [-0.25, -0.2) is 0 Å². The van der Waals surface area contributed by atoms with Crippen molar-refractivity contribution in [1.82, 2.24) is 4.90 Å². The second kappa shape index (κ2) is 7.82. The Morgan fingerprint density at radius 2 is 1.81 bits per heavy atom. The Labute approximate surface area is 176 Å². The minimum atomic E-state index is -0.494. The van der Waals surface area contributed by atoms with Crippen molar-refractivity contribution in [2.75, 3.05) is 0 Å². The van der Waals surface area contributed by atoms with Crippen LogP contribution in [-0.2, 0) is 11.3 Å². The second-order valence-corrected chi connectivity index (χ2v) is 8.39. The Morgan fingerprint density at radius 1 is 1.15 bits per heavy atom. The number of imide groups is 1. The Morgan fingerprint density at radius 3 is 2.46 bits per heavy atom. The molecule has 4 nitrogen and oxygen atoms in total. The maximum absolute atomic E-state index is 12.6. The van der Waals surface area contributed by atoms with Gasteiger partial charge in [0.15, 0.2) is 0 Å². The number of phenols is 1. The van der Waals surface area contributed by atoms with Gasteiger partial charge in [-0.1, -0.05) is 40.9 Å². The number of nitrogens with zero attached hydrogens (tertiary/aromatic N) is 1. The molecule has 0 bridgehead atoms. The number of carbonyl (C=O) groups excluding carboxylic acids is 2. The zero-order valence-corrected chi connectivity index (χ0v) is 17.5. The van der Waals surface area contributed by atoms with E-state index in [2.05, 4.69) is 15.9 Å². The molecule has 0 aromatic heterocycles. The number of aromatic hydroxyl groups is 1. The van der Waals surface area contributed by atoms with Crippen molar-refractivity contribution in [3.8, 4) is 5.75 Å². The third-order valence-corrected chi connectivity index (χ3v) is 6.03. The van der Waals surface area contributed by atoms with Crippen molar-refractivity contribution in [1.29, 1.82) is 0 Å². The van der Waals surface area contributed by atoms with Crippen LogP contribution >= 0.6 is 62.5 Å². The van der Waals surface area contributed by atoms with Crippen molar-refractivity contribution in [2.45, 2.75) is 6.54 Å². The third kappa shape index (κ3) is 3.89. The van der Waals surface area contributed by atoms with Crippen LogP contribution in [0.3, 0.4) is 0 Å². The van der Waals surface area contributed by atoms with E-state index in [1.54, 1.807) is 18.2 Å². The standard InChI is InChI=1S/C17H9BrCl3NO3S/c18-11-6-9(19)4-8(15(11)23)5-14-16(24)22(17(25)26-14)7-10-12(20)2-1-3-13(10)21/h1-6,23H,7H2/b14-5-. The first-order valence-electron chi connectivity index (χ1n) is 7.14. The van der Waals surface area contributed by atoms with Crippen LogP contribution in [0.1, 0.15) is 11.1 Å². The van der Waals surface area contributed by atoms with Crippen LogP contribution < -0.4 is 0 Å². The van der Waals surface area contributed by atoms with Gasteiger partial charge < -0.3 is 5.11 Å². The molecule has 0 unspecified atom stereocenters. The lowest BCUT2D eigenvalue weighted by molar-refractivity contribution is -0.123. The zero-order chi connectivity index (χ0) is 19.0. The molecule has 1 saturated heterocycles. The van der Waals surface area contributed by atoms with Crippen LogP contribution in [0.15, 0.2) is 39.7 Å². The molecule has 9 heteroatoms. The predicted molar refractivity (Wildman–Crippen MR) is 109 cm³/mol. The minimum absolute atomic E-state index is 0.0360. The normalized spacial score (nSPS) is 16.0. The van der Waals surface area contributed by atoms with Gasteiger partial charge in [-0.15, -0.1) is 0 Å². The molecule has 2 amide bonds. The zero-order valence-electron chi connectivity index (χ0n) is 12.8. The van der Waals surface area contributed by atoms with Crippen molar-refractivity contribution >= 4 is 79.7 Å². The second-order valence-electron chi connectivity index (χ2n) is 5.29. The summed E-state index contributed by atoms with van der Waals surface area (Å²) in [6.07, 6.45) is 1.42. The van der Waals surface area contributed by atoms with E-state index in [1.165, 1.54) is 18.2 Å². The molecule has 1 heterocycles. The molecule has 1 N–H and O–H groups in total. The molecule has 0 saturated carbocycles. The Hall–Kier alpha value is -1.18. The number of amides is 2. The highest BCUT2D eigenvalue weighted by Gasteiger charge is 2.36. The van der Waals surface area contributed by atoms with Gasteiger partial charge in [0.05, 0.1) is 15.9 Å². The van der Waals surface area contributed by atoms with E-state index < -0.39 is 11.1 Å². The van der Waals surface area contributed by atoms with Crippen LogP contribution in [0.4, 0.5) is 4.79 Å². The smallest absolute Gasteiger partial charge is 0.293 e. The first-order valence-corrected chi connectivity index (χ1v) is 9.88. The van der Waals surface area contributed by atoms with E-state index in [0.29, 0.717) is 30.7 Å². The number of halogens is 4. The number of rotatable bonds is 3. The fourth-order valence-corrected chi connectivity index (χ4v) is 4.50. The van der Waals surface area contributed by atoms with Crippen LogP contribution in [0, 0.1) is 0 Å². The summed E-state index contributed by atoms with van der Waals surface area (Å²) in [5, 5.41) is 10.8. The highest BCUT2D eigenvalue weighted by molar-refractivity contribution is 9.10. The molecule has 134 valence electrons. The van der Waals surface area contributed by atoms with Crippen molar-refractivity contribution in [3.63, 3.8) is 0 Å². The molecule has 3 rings (SSSR count). The summed E-state index contributed by atoms with van der Waals surface area (Å²) in [5.41, 5.74) is 0.818. The Balaban J connectivity index is 1.92. The number of hydrogen-bond acceptors (Lipinski definition) is 4. The van der Waals surface area contributed by atoms with Gasteiger partial charge in [0, 0.05) is 26.2 Å². The van der Waals surface area contributed by atoms with Crippen LogP contribution in [-0.4, -0.2) is 21.2 Å². The van der Waals surface area contributed by atoms with Gasteiger partial charge in [0.1, 0.15) is 5.75 Å². The molecule has 0 spiro atoms. The fourth-order valence-electron chi connectivity index (χ4n) is 2.31. The quantitative estimate of drug-likeness (QED) is 0.506. The first-order chi connectivity index (χ1) is 12.3. The molecule has 26 heavy (non-hydrogen) atoms. The molecule has 0 radical (unpaired) electrons. The largest absolute Gasteiger partial charge is 0.506 e. The average molecular weight is 494 g/mol. The summed E-state index contributed by atoms with van der Waals surface area (Å²) in [5.74, 6) is -0.568. The molecule has 1 fully saturated rings. The number of phenolic OH excluding ortho intramolecular Hbond substituents is 1. The summed E-state index contributed by atoms with van der Waals surface area (Å²) < 4.78 is 0.387. The maximum atomic E-state index is 12.6. The van der Waals surface area contributed by atoms with Crippen molar-refractivity contribution in [3.05, 3.63) is 65.9 Å². The lowest BCUT2D eigenvalue weighted by Gasteiger charge is -2.14. The highest BCUT2D eigenvalue weighted by atomic mass is 79.9. The van der Waals surface area contributed by atoms with E-state index in [1.807, 2.05) is 0 Å². The topological polar surface area (TPSA) is 57.6 Å². The van der Waals surface area contributed by atoms with Crippen molar-refractivity contribution in [2.24, 2.45) is 0 Å². The third-order valence-electron chi connectivity index (χ3n) is 3.60. The average Bonchev–Trinajstić information content (AvgIpc) is 2.82. The van der Waals surface area contributed by atoms with E-state index in [4.69, 9.17) is 34.8 Å². The summed E-state index contributed by atoms with van der Waals surface area (Å²) in [4.78, 5) is 26.1. The SMILES string of the molecule is O=C1S/C(=C\c2cc(Cl)cc(Br)c2O)C(=O)N1Cc1c(Cl)cccc1Cl. The van der Waals surface area contributed by atoms with Gasteiger partial charge >= 0.3 is 0 Å². The number of thioether (sulfide) groups is 1.